The van der Waals surface area contributed by atoms with Crippen LogP contribution in [0.2, 0.25) is 0 Å². The second-order valence-corrected chi connectivity index (χ2v) is 11.8. The second kappa shape index (κ2) is 12.0. The summed E-state index contributed by atoms with van der Waals surface area (Å²) in [6.07, 6.45) is 3.31. The average Bonchev–Trinajstić information content (AvgIpc) is 3.26. The highest BCUT2D eigenvalue weighted by molar-refractivity contribution is 7.98. The molecule has 1 fully saturated rings. The van der Waals surface area contributed by atoms with Gasteiger partial charge < -0.3 is 14.4 Å². The molecular weight excluding hydrogens is 564 g/mol. The summed E-state index contributed by atoms with van der Waals surface area (Å²) >= 11 is 2.79. The molecule has 0 radical (unpaired) electrons. The van der Waals surface area contributed by atoms with E-state index in [4.69, 9.17) is 9.47 Å². The van der Waals surface area contributed by atoms with Crippen molar-refractivity contribution < 1.29 is 19.2 Å². The summed E-state index contributed by atoms with van der Waals surface area (Å²) in [5.41, 5.74) is 2.47. The number of benzene rings is 2. The van der Waals surface area contributed by atoms with Crippen molar-refractivity contribution in [3.05, 3.63) is 94.7 Å². The Labute approximate surface area is 244 Å². The van der Waals surface area contributed by atoms with E-state index < -0.39 is 16.9 Å². The summed E-state index contributed by atoms with van der Waals surface area (Å²) in [6, 6.07) is 11.7. The van der Waals surface area contributed by atoms with Crippen LogP contribution >= 0.6 is 23.1 Å². The van der Waals surface area contributed by atoms with Crippen molar-refractivity contribution in [1.29, 1.82) is 0 Å². The third-order valence-corrected chi connectivity index (χ3v) is 8.60. The first kappa shape index (κ1) is 28.8. The Morgan fingerprint density at radius 2 is 1.93 bits per heavy atom. The molecule has 41 heavy (non-hydrogen) atoms. The molecule has 0 amide bonds. The Hall–Kier alpha value is -3.74. The number of carbonyl (C=O) groups excluding carboxylic acids is 1. The maximum Gasteiger partial charge on any atom is 0.338 e. The van der Waals surface area contributed by atoms with E-state index in [1.165, 1.54) is 28.0 Å². The number of anilines is 1. The Bertz CT molecular complexity index is 1700. The number of non-ortho nitro benzene ring substituents is 1. The highest BCUT2D eigenvalue weighted by Crippen LogP contribution is 2.32. The summed E-state index contributed by atoms with van der Waals surface area (Å²) in [5.74, 6) is -0.525. The van der Waals surface area contributed by atoms with Crippen LogP contribution in [0.25, 0.3) is 6.08 Å². The number of fused-ring (bicyclic) bond motifs is 1. The molecule has 1 atom stereocenters. The quantitative estimate of drug-likeness (QED) is 0.176. The summed E-state index contributed by atoms with van der Waals surface area (Å²) in [5, 5.41) is 11.6. The largest absolute Gasteiger partial charge is 0.459 e. The van der Waals surface area contributed by atoms with Gasteiger partial charge >= 0.3 is 5.97 Å². The van der Waals surface area contributed by atoms with Crippen molar-refractivity contribution in [2.24, 2.45) is 4.99 Å². The fraction of sp³-hybridized carbons (Fsp3) is 0.345. The maximum atomic E-state index is 14.1. The van der Waals surface area contributed by atoms with Gasteiger partial charge in [-0.15, -0.1) is 11.8 Å². The SMILES string of the molecule is CSc1ccc([C@@H]2C(C(=O)OC(C)C)=C(C)N=c3s/c(=C\c4cc([N+](=O)[O-])ccc4N4CCOCC4)c(=O)n32)cc1. The van der Waals surface area contributed by atoms with Crippen LogP contribution in [0.1, 0.15) is 37.9 Å². The van der Waals surface area contributed by atoms with Crippen molar-refractivity contribution in [2.75, 3.05) is 37.5 Å². The van der Waals surface area contributed by atoms with E-state index in [0.29, 0.717) is 52.5 Å². The average molecular weight is 595 g/mol. The van der Waals surface area contributed by atoms with Crippen LogP contribution in [0.5, 0.6) is 0 Å². The first-order valence-corrected chi connectivity index (χ1v) is 15.2. The minimum atomic E-state index is -0.737. The zero-order chi connectivity index (χ0) is 29.3. The molecule has 0 spiro atoms. The number of esters is 1. The van der Waals surface area contributed by atoms with Crippen LogP contribution in [-0.4, -0.2) is 54.1 Å². The third kappa shape index (κ3) is 5.85. The zero-order valence-electron chi connectivity index (χ0n) is 23.2. The van der Waals surface area contributed by atoms with E-state index in [9.17, 15) is 19.7 Å². The summed E-state index contributed by atoms with van der Waals surface area (Å²) in [4.78, 5) is 46.8. The molecule has 0 bridgehead atoms. The molecule has 12 heteroatoms. The lowest BCUT2D eigenvalue weighted by Gasteiger charge is -2.30. The van der Waals surface area contributed by atoms with Crippen molar-refractivity contribution in [1.82, 2.24) is 4.57 Å². The van der Waals surface area contributed by atoms with Gasteiger partial charge in [-0.25, -0.2) is 9.79 Å². The monoisotopic (exact) mass is 594 g/mol. The molecule has 1 aromatic heterocycles. The van der Waals surface area contributed by atoms with E-state index in [1.807, 2.05) is 30.5 Å². The molecule has 3 aromatic rings. The molecule has 5 rings (SSSR count). The predicted octanol–water partition coefficient (Wildman–Crippen LogP) is 3.65. The number of nitro benzene ring substituents is 1. The normalized spacial score (nSPS) is 17.4. The zero-order valence-corrected chi connectivity index (χ0v) is 24.8. The van der Waals surface area contributed by atoms with Crippen molar-refractivity contribution >= 4 is 46.5 Å². The van der Waals surface area contributed by atoms with Crippen LogP contribution in [0, 0.1) is 10.1 Å². The molecular formula is C29H30N4O6S2. The highest BCUT2D eigenvalue weighted by Gasteiger charge is 2.34. The van der Waals surface area contributed by atoms with Gasteiger partial charge in [0, 0.05) is 41.4 Å². The van der Waals surface area contributed by atoms with E-state index in [2.05, 4.69) is 9.89 Å². The molecule has 0 unspecified atom stereocenters. The lowest BCUT2D eigenvalue weighted by atomic mass is 9.96. The fourth-order valence-electron chi connectivity index (χ4n) is 4.97. The number of hydrogen-bond acceptors (Lipinski definition) is 10. The van der Waals surface area contributed by atoms with Crippen LogP contribution in [-0.2, 0) is 14.3 Å². The van der Waals surface area contributed by atoms with Crippen molar-refractivity contribution in [3.63, 3.8) is 0 Å². The Morgan fingerprint density at radius 1 is 1.22 bits per heavy atom. The Balaban J connectivity index is 1.70. The molecule has 0 N–H and O–H groups in total. The number of nitro groups is 1. The van der Waals surface area contributed by atoms with E-state index in [1.54, 1.807) is 44.7 Å². The van der Waals surface area contributed by atoms with Gasteiger partial charge in [0.2, 0.25) is 0 Å². The summed E-state index contributed by atoms with van der Waals surface area (Å²) in [6.45, 7) is 7.64. The van der Waals surface area contributed by atoms with Gasteiger partial charge in [-0.1, -0.05) is 23.5 Å². The number of thiazole rings is 1. The number of hydrogen-bond donors (Lipinski definition) is 0. The van der Waals surface area contributed by atoms with Gasteiger partial charge in [0.15, 0.2) is 4.80 Å². The van der Waals surface area contributed by atoms with E-state index in [-0.39, 0.29) is 17.4 Å². The first-order valence-electron chi connectivity index (χ1n) is 13.2. The molecule has 10 nitrogen and oxygen atoms in total. The lowest BCUT2D eigenvalue weighted by molar-refractivity contribution is -0.384. The Kier molecular flexibility index (Phi) is 8.43. The molecule has 3 heterocycles. The fourth-order valence-corrected chi connectivity index (χ4v) is 6.41. The van der Waals surface area contributed by atoms with Gasteiger partial charge in [-0.3, -0.25) is 19.5 Å². The van der Waals surface area contributed by atoms with Crippen LogP contribution in [0.15, 0.2) is 68.4 Å². The third-order valence-electron chi connectivity index (χ3n) is 6.88. The summed E-state index contributed by atoms with van der Waals surface area (Å²) in [7, 11) is 0. The highest BCUT2D eigenvalue weighted by atomic mass is 32.2. The van der Waals surface area contributed by atoms with Gasteiger partial charge in [-0.05, 0) is 56.9 Å². The lowest BCUT2D eigenvalue weighted by Crippen LogP contribution is -2.40. The molecule has 0 saturated carbocycles. The van der Waals surface area contributed by atoms with Gasteiger partial charge in [0.1, 0.15) is 0 Å². The summed E-state index contributed by atoms with van der Waals surface area (Å²) < 4.78 is 12.9. The van der Waals surface area contributed by atoms with E-state index in [0.717, 1.165) is 16.1 Å². The number of carbonyl (C=O) groups is 1. The first-order chi connectivity index (χ1) is 19.7. The predicted molar refractivity (Wildman–Crippen MR) is 159 cm³/mol. The number of nitrogens with zero attached hydrogens (tertiary/aromatic N) is 4. The Morgan fingerprint density at radius 3 is 2.56 bits per heavy atom. The van der Waals surface area contributed by atoms with E-state index >= 15 is 0 Å². The number of aromatic nitrogens is 1. The topological polar surface area (TPSA) is 116 Å². The number of allylic oxidation sites excluding steroid dienone is 1. The number of thioether (sulfide) groups is 1. The van der Waals surface area contributed by atoms with Crippen LogP contribution < -0.4 is 19.8 Å². The van der Waals surface area contributed by atoms with Gasteiger partial charge in [0.05, 0.1) is 46.1 Å². The molecule has 2 aliphatic rings. The molecule has 2 aromatic carbocycles. The smallest absolute Gasteiger partial charge is 0.338 e. The number of ether oxygens (including phenoxy) is 2. The molecule has 2 aliphatic heterocycles. The standard InChI is InChI=1S/C29H30N4O6S2/c1-17(2)39-28(35)25-18(3)30-29-32(26(25)19-5-8-22(40-4)9-6-19)27(34)24(41-29)16-20-15-21(33(36)37)7-10-23(20)31-11-13-38-14-12-31/h5-10,15-17,26H,11-14H2,1-4H3/b24-16-/t26-/m1/s1. The van der Waals surface area contributed by atoms with Crippen LogP contribution in [0.3, 0.4) is 0 Å². The van der Waals surface area contributed by atoms with Crippen molar-refractivity contribution in [3.8, 4) is 0 Å². The van der Waals surface area contributed by atoms with Crippen LogP contribution in [0.4, 0.5) is 11.4 Å². The number of morpholine rings is 1. The van der Waals surface area contributed by atoms with Crippen molar-refractivity contribution in [2.45, 2.75) is 37.8 Å². The molecule has 0 aliphatic carbocycles. The minimum Gasteiger partial charge on any atom is -0.459 e. The molecule has 1 saturated heterocycles. The van der Waals surface area contributed by atoms with Gasteiger partial charge in [0.25, 0.3) is 11.2 Å². The maximum absolute atomic E-state index is 14.1. The van der Waals surface area contributed by atoms with Gasteiger partial charge in [-0.2, -0.15) is 0 Å². The number of rotatable bonds is 7. The molecule has 214 valence electrons. The second-order valence-electron chi connectivity index (χ2n) is 9.91. The minimum absolute atomic E-state index is 0.0673.